The molecule has 0 saturated heterocycles. The van der Waals surface area contributed by atoms with Crippen LogP contribution >= 0.6 is 0 Å². The molecule has 0 atom stereocenters. The third-order valence-corrected chi connectivity index (χ3v) is 3.76. The number of hydrogen-bond acceptors (Lipinski definition) is 7. The van der Waals surface area contributed by atoms with E-state index in [9.17, 15) is 4.79 Å². The van der Waals surface area contributed by atoms with Crippen LogP contribution in [-0.4, -0.2) is 45.2 Å². The summed E-state index contributed by atoms with van der Waals surface area (Å²) in [6.07, 6.45) is 4.63. The second-order valence-corrected chi connectivity index (χ2v) is 5.69. The van der Waals surface area contributed by atoms with Crippen molar-refractivity contribution in [2.75, 3.05) is 0 Å². The second-order valence-electron chi connectivity index (χ2n) is 5.69. The van der Waals surface area contributed by atoms with E-state index in [0.29, 0.717) is 11.6 Å². The average Bonchev–Trinajstić information content (AvgIpc) is 3.29. The van der Waals surface area contributed by atoms with Crippen LogP contribution in [0.25, 0.3) is 11.6 Å². The molecule has 0 unspecified atom stereocenters. The minimum Gasteiger partial charge on any atom is -0.345 e. The maximum atomic E-state index is 12.4. The van der Waals surface area contributed by atoms with Crippen LogP contribution in [0.2, 0.25) is 0 Å². The molecule has 130 valence electrons. The SMILES string of the molecule is Cc1cc(C)n2nc(C(=O)NCc3cccnc3-n3cncn3)nc2n1. The van der Waals surface area contributed by atoms with Crippen molar-refractivity contribution in [2.24, 2.45) is 0 Å². The maximum absolute atomic E-state index is 12.4. The van der Waals surface area contributed by atoms with E-state index in [4.69, 9.17) is 0 Å². The first kappa shape index (κ1) is 15.8. The molecule has 0 radical (unpaired) electrons. The summed E-state index contributed by atoms with van der Waals surface area (Å²) in [6, 6.07) is 5.53. The van der Waals surface area contributed by atoms with Gasteiger partial charge in [0.25, 0.3) is 11.7 Å². The van der Waals surface area contributed by atoms with Crippen LogP contribution in [0.5, 0.6) is 0 Å². The Balaban J connectivity index is 1.56. The van der Waals surface area contributed by atoms with E-state index in [1.807, 2.05) is 26.0 Å². The summed E-state index contributed by atoms with van der Waals surface area (Å²) in [4.78, 5) is 29.1. The van der Waals surface area contributed by atoms with Crippen LogP contribution in [0.1, 0.15) is 27.6 Å². The van der Waals surface area contributed by atoms with Gasteiger partial charge in [0.05, 0.1) is 0 Å². The van der Waals surface area contributed by atoms with Gasteiger partial charge in [0, 0.05) is 29.7 Å². The zero-order valence-electron chi connectivity index (χ0n) is 14.2. The zero-order chi connectivity index (χ0) is 18.1. The fraction of sp³-hybridized carbons (Fsp3) is 0.188. The molecule has 10 nitrogen and oxygen atoms in total. The number of carbonyl (C=O) groups excluding carboxylic acids is 1. The second kappa shape index (κ2) is 6.31. The van der Waals surface area contributed by atoms with Gasteiger partial charge in [-0.05, 0) is 26.0 Å². The first-order chi connectivity index (χ1) is 12.6. The quantitative estimate of drug-likeness (QED) is 0.575. The number of aryl methyl sites for hydroxylation is 2. The highest BCUT2D eigenvalue weighted by Gasteiger charge is 2.16. The number of fused-ring (bicyclic) bond motifs is 1. The summed E-state index contributed by atoms with van der Waals surface area (Å²) in [7, 11) is 0. The Hall–Kier alpha value is -3.69. The summed E-state index contributed by atoms with van der Waals surface area (Å²) in [6.45, 7) is 4.01. The average molecular weight is 349 g/mol. The number of carbonyl (C=O) groups is 1. The fourth-order valence-corrected chi connectivity index (χ4v) is 2.61. The van der Waals surface area contributed by atoms with Crippen molar-refractivity contribution < 1.29 is 4.79 Å². The topological polar surface area (TPSA) is 116 Å². The lowest BCUT2D eigenvalue weighted by atomic mass is 10.2. The molecular formula is C16H15N9O. The van der Waals surface area contributed by atoms with Gasteiger partial charge in [-0.25, -0.2) is 24.1 Å². The van der Waals surface area contributed by atoms with E-state index in [2.05, 4.69) is 35.5 Å². The van der Waals surface area contributed by atoms with Crippen LogP contribution in [0, 0.1) is 13.8 Å². The lowest BCUT2D eigenvalue weighted by molar-refractivity contribution is 0.0940. The monoisotopic (exact) mass is 349 g/mol. The number of aromatic nitrogens is 8. The standard InChI is InChI=1S/C16H15N9O/c1-10-6-11(2)25-16(21-10)22-13(23-25)15(26)19-7-12-4-3-5-18-14(12)24-9-17-8-20-24/h3-6,8-9H,7H2,1-2H3,(H,19,26). The van der Waals surface area contributed by atoms with Crippen molar-refractivity contribution in [1.82, 2.24) is 44.6 Å². The number of hydrogen-bond donors (Lipinski definition) is 1. The summed E-state index contributed by atoms with van der Waals surface area (Å²) < 4.78 is 3.09. The normalized spacial score (nSPS) is 11.0. The van der Waals surface area contributed by atoms with Crippen molar-refractivity contribution >= 4 is 11.7 Å². The summed E-state index contributed by atoms with van der Waals surface area (Å²) in [5.41, 5.74) is 2.47. The van der Waals surface area contributed by atoms with Gasteiger partial charge in [-0.1, -0.05) is 6.07 Å². The van der Waals surface area contributed by atoms with Crippen LogP contribution in [-0.2, 0) is 6.54 Å². The van der Waals surface area contributed by atoms with E-state index in [0.717, 1.165) is 17.0 Å². The Morgan fingerprint density at radius 3 is 2.96 bits per heavy atom. The van der Waals surface area contributed by atoms with Gasteiger partial charge in [-0.15, -0.1) is 5.10 Å². The van der Waals surface area contributed by atoms with Gasteiger partial charge in [0.1, 0.15) is 12.7 Å². The molecular weight excluding hydrogens is 334 g/mol. The molecule has 4 rings (SSSR count). The molecule has 4 heterocycles. The van der Waals surface area contributed by atoms with Crippen molar-refractivity contribution in [3.63, 3.8) is 0 Å². The molecule has 0 fully saturated rings. The molecule has 0 aliphatic carbocycles. The molecule has 0 aliphatic heterocycles. The number of pyridine rings is 1. The van der Waals surface area contributed by atoms with E-state index >= 15 is 0 Å². The molecule has 10 heteroatoms. The number of nitrogens with one attached hydrogen (secondary N) is 1. The predicted octanol–water partition coefficient (Wildman–Crippen LogP) is 0.647. The molecule has 1 amide bonds. The summed E-state index contributed by atoms with van der Waals surface area (Å²) in [5.74, 6) is 0.678. The highest BCUT2D eigenvalue weighted by molar-refractivity contribution is 5.90. The van der Waals surface area contributed by atoms with Crippen LogP contribution in [0.15, 0.2) is 37.1 Å². The highest BCUT2D eigenvalue weighted by Crippen LogP contribution is 2.10. The van der Waals surface area contributed by atoms with Gasteiger partial charge in [-0.2, -0.15) is 10.1 Å². The molecule has 1 N–H and O–H groups in total. The first-order valence-electron chi connectivity index (χ1n) is 7.90. The zero-order valence-corrected chi connectivity index (χ0v) is 14.2. The lowest BCUT2D eigenvalue weighted by Crippen LogP contribution is -2.25. The van der Waals surface area contributed by atoms with Gasteiger partial charge in [0.15, 0.2) is 5.82 Å². The van der Waals surface area contributed by atoms with Gasteiger partial charge in [-0.3, -0.25) is 4.79 Å². The van der Waals surface area contributed by atoms with Gasteiger partial charge in [0.2, 0.25) is 5.82 Å². The number of rotatable bonds is 4. The van der Waals surface area contributed by atoms with Crippen LogP contribution in [0.4, 0.5) is 0 Å². The number of amides is 1. The fourth-order valence-electron chi connectivity index (χ4n) is 2.61. The van der Waals surface area contributed by atoms with Crippen molar-refractivity contribution in [2.45, 2.75) is 20.4 Å². The molecule has 0 bridgehead atoms. The predicted molar refractivity (Wildman–Crippen MR) is 90.6 cm³/mol. The third kappa shape index (κ3) is 2.88. The van der Waals surface area contributed by atoms with Crippen LogP contribution in [0.3, 0.4) is 0 Å². The van der Waals surface area contributed by atoms with E-state index in [-0.39, 0.29) is 18.3 Å². The minimum atomic E-state index is -0.388. The minimum absolute atomic E-state index is 0.0670. The lowest BCUT2D eigenvalue weighted by Gasteiger charge is -2.08. The summed E-state index contributed by atoms with van der Waals surface area (Å²) in [5, 5.41) is 11.1. The van der Waals surface area contributed by atoms with Gasteiger partial charge < -0.3 is 5.32 Å². The van der Waals surface area contributed by atoms with E-state index in [1.165, 1.54) is 6.33 Å². The molecule has 0 spiro atoms. The third-order valence-electron chi connectivity index (χ3n) is 3.76. The molecule has 4 aromatic heterocycles. The van der Waals surface area contributed by atoms with Gasteiger partial charge >= 0.3 is 0 Å². The molecule has 4 aromatic rings. The van der Waals surface area contributed by atoms with Crippen LogP contribution < -0.4 is 5.32 Å². The molecule has 0 aromatic carbocycles. The Morgan fingerprint density at radius 1 is 1.27 bits per heavy atom. The van der Waals surface area contributed by atoms with E-state index < -0.39 is 0 Å². The number of nitrogens with zero attached hydrogens (tertiary/aromatic N) is 8. The molecule has 0 saturated carbocycles. The first-order valence-corrected chi connectivity index (χ1v) is 7.90. The van der Waals surface area contributed by atoms with Crippen molar-refractivity contribution in [1.29, 1.82) is 0 Å². The Morgan fingerprint density at radius 2 is 2.15 bits per heavy atom. The smallest absolute Gasteiger partial charge is 0.291 e. The molecule has 0 aliphatic rings. The Labute approximate surface area is 148 Å². The Bertz CT molecular complexity index is 1080. The molecule has 26 heavy (non-hydrogen) atoms. The largest absolute Gasteiger partial charge is 0.345 e. The maximum Gasteiger partial charge on any atom is 0.291 e. The summed E-state index contributed by atoms with van der Waals surface area (Å²) >= 11 is 0. The van der Waals surface area contributed by atoms with Crippen molar-refractivity contribution in [3.05, 3.63) is 59.8 Å². The van der Waals surface area contributed by atoms with Crippen molar-refractivity contribution in [3.8, 4) is 5.82 Å². The van der Waals surface area contributed by atoms with E-state index in [1.54, 1.807) is 27.8 Å². The Kier molecular flexibility index (Phi) is 3.84. The highest BCUT2D eigenvalue weighted by atomic mass is 16.2.